The number of amides is 1. The maximum atomic E-state index is 12.8. The predicted molar refractivity (Wildman–Crippen MR) is 93.4 cm³/mol. The second-order valence-electron chi connectivity index (χ2n) is 6.14. The average Bonchev–Trinajstić information content (AvgIpc) is 3.18. The highest BCUT2D eigenvalue weighted by Crippen LogP contribution is 2.25. The molecule has 0 aliphatic carbocycles. The Labute approximate surface area is 143 Å². The third kappa shape index (κ3) is 2.65. The van der Waals surface area contributed by atoms with Crippen LogP contribution in [0.15, 0.2) is 45.3 Å². The second kappa shape index (κ2) is 5.73. The molecule has 4 aromatic rings. The summed E-state index contributed by atoms with van der Waals surface area (Å²) in [5.74, 6) is 0.494. The topological polar surface area (TPSA) is 81.2 Å². The van der Waals surface area contributed by atoms with E-state index in [4.69, 9.17) is 8.94 Å². The minimum atomic E-state index is -0.274. The molecule has 0 bridgehead atoms. The van der Waals surface area contributed by atoms with E-state index in [9.17, 15) is 4.79 Å². The zero-order valence-electron chi connectivity index (χ0n) is 14.2. The van der Waals surface area contributed by atoms with E-state index < -0.39 is 0 Å². The number of para-hydroxylation sites is 1. The Morgan fingerprint density at radius 2 is 2.00 bits per heavy atom. The molecule has 3 aromatic heterocycles. The van der Waals surface area contributed by atoms with Crippen molar-refractivity contribution in [2.45, 2.75) is 26.8 Å². The van der Waals surface area contributed by atoms with Gasteiger partial charge >= 0.3 is 0 Å². The first-order valence-corrected chi connectivity index (χ1v) is 8.06. The molecule has 3 heterocycles. The van der Waals surface area contributed by atoms with E-state index in [0.29, 0.717) is 33.8 Å². The predicted octanol–water partition coefficient (Wildman–Crippen LogP) is 4.08. The van der Waals surface area contributed by atoms with Crippen LogP contribution in [0.4, 0.5) is 0 Å². The molecule has 0 aliphatic rings. The van der Waals surface area contributed by atoms with Gasteiger partial charge in [-0.1, -0.05) is 23.4 Å². The molecule has 1 atom stereocenters. The first-order chi connectivity index (χ1) is 12.0. The van der Waals surface area contributed by atoms with Gasteiger partial charge in [-0.15, -0.1) is 0 Å². The van der Waals surface area contributed by atoms with Crippen LogP contribution in [0.1, 0.15) is 40.5 Å². The lowest BCUT2D eigenvalue weighted by Gasteiger charge is -2.12. The molecule has 1 unspecified atom stereocenters. The standard InChI is InChI=1S/C19H17N3O3/c1-10-8-14(17-12(3)22-25-19(17)20-10)18(23)21-11(2)16-9-13-6-4-5-7-15(13)24-16/h4-9,11H,1-3H3,(H,21,23). The van der Waals surface area contributed by atoms with Crippen molar-refractivity contribution in [1.29, 1.82) is 0 Å². The number of hydrogen-bond donors (Lipinski definition) is 1. The SMILES string of the molecule is Cc1cc(C(=O)NC(C)c2cc3ccccc3o2)c2c(C)noc2n1. The number of nitrogens with one attached hydrogen (secondary N) is 1. The lowest BCUT2D eigenvalue weighted by Crippen LogP contribution is -2.26. The summed E-state index contributed by atoms with van der Waals surface area (Å²) in [5, 5.41) is 8.54. The van der Waals surface area contributed by atoms with Crippen molar-refractivity contribution in [3.8, 4) is 0 Å². The highest BCUT2D eigenvalue weighted by atomic mass is 16.5. The monoisotopic (exact) mass is 335 g/mol. The van der Waals surface area contributed by atoms with Crippen LogP contribution in [0.3, 0.4) is 0 Å². The van der Waals surface area contributed by atoms with Gasteiger partial charge in [0.2, 0.25) is 0 Å². The summed E-state index contributed by atoms with van der Waals surface area (Å²) in [7, 11) is 0. The van der Waals surface area contributed by atoms with Gasteiger partial charge in [0, 0.05) is 11.1 Å². The van der Waals surface area contributed by atoms with Crippen LogP contribution in [0.5, 0.6) is 0 Å². The van der Waals surface area contributed by atoms with Crippen molar-refractivity contribution in [3.63, 3.8) is 0 Å². The molecule has 1 aromatic carbocycles. The number of carbonyl (C=O) groups is 1. The van der Waals surface area contributed by atoms with Crippen LogP contribution in [0.2, 0.25) is 0 Å². The molecule has 0 spiro atoms. The summed E-state index contributed by atoms with van der Waals surface area (Å²) >= 11 is 0. The Hall–Kier alpha value is -3.15. The van der Waals surface area contributed by atoms with Gasteiger partial charge in [0.05, 0.1) is 22.7 Å². The molecule has 4 rings (SSSR count). The molecule has 0 saturated heterocycles. The smallest absolute Gasteiger partial charge is 0.258 e. The lowest BCUT2D eigenvalue weighted by molar-refractivity contribution is 0.0937. The van der Waals surface area contributed by atoms with Crippen LogP contribution >= 0.6 is 0 Å². The Bertz CT molecular complexity index is 1060. The van der Waals surface area contributed by atoms with Crippen LogP contribution in [-0.2, 0) is 0 Å². The summed E-state index contributed by atoms with van der Waals surface area (Å²) in [6, 6.07) is 11.2. The molecule has 25 heavy (non-hydrogen) atoms. The summed E-state index contributed by atoms with van der Waals surface area (Å²) in [6.07, 6.45) is 0. The average molecular weight is 335 g/mol. The van der Waals surface area contributed by atoms with Gasteiger partial charge in [-0.05, 0) is 39.0 Å². The number of nitrogens with zero attached hydrogens (tertiary/aromatic N) is 2. The lowest BCUT2D eigenvalue weighted by atomic mass is 10.1. The fourth-order valence-electron chi connectivity index (χ4n) is 2.96. The van der Waals surface area contributed by atoms with Gasteiger partial charge < -0.3 is 14.3 Å². The number of hydrogen-bond acceptors (Lipinski definition) is 5. The minimum Gasteiger partial charge on any atom is -0.459 e. The van der Waals surface area contributed by atoms with Crippen molar-refractivity contribution < 1.29 is 13.7 Å². The van der Waals surface area contributed by atoms with Crippen LogP contribution in [0, 0.1) is 13.8 Å². The van der Waals surface area contributed by atoms with Gasteiger partial charge in [-0.3, -0.25) is 4.79 Å². The first-order valence-electron chi connectivity index (χ1n) is 8.06. The van der Waals surface area contributed by atoms with Crippen molar-refractivity contribution in [2.75, 3.05) is 0 Å². The van der Waals surface area contributed by atoms with Crippen LogP contribution in [0.25, 0.3) is 22.1 Å². The number of furan rings is 1. The molecule has 0 aliphatic heterocycles. The van der Waals surface area contributed by atoms with E-state index in [1.165, 1.54) is 0 Å². The molecular formula is C19H17N3O3. The first kappa shape index (κ1) is 15.4. The van der Waals surface area contributed by atoms with Crippen molar-refractivity contribution in [1.82, 2.24) is 15.5 Å². The molecular weight excluding hydrogens is 318 g/mol. The number of fused-ring (bicyclic) bond motifs is 2. The molecule has 1 N–H and O–H groups in total. The molecule has 0 saturated carbocycles. The van der Waals surface area contributed by atoms with Gasteiger partial charge in [0.1, 0.15) is 11.3 Å². The van der Waals surface area contributed by atoms with Crippen LogP contribution < -0.4 is 5.32 Å². The van der Waals surface area contributed by atoms with Gasteiger partial charge in [0.15, 0.2) is 0 Å². The fraction of sp³-hybridized carbons (Fsp3) is 0.211. The number of benzene rings is 1. The Balaban J connectivity index is 1.66. The fourth-order valence-corrected chi connectivity index (χ4v) is 2.96. The van der Waals surface area contributed by atoms with E-state index in [2.05, 4.69) is 15.5 Å². The van der Waals surface area contributed by atoms with E-state index >= 15 is 0 Å². The second-order valence-corrected chi connectivity index (χ2v) is 6.14. The molecule has 6 nitrogen and oxygen atoms in total. The number of aryl methyl sites for hydroxylation is 2. The van der Waals surface area contributed by atoms with Gasteiger partial charge in [0.25, 0.3) is 11.6 Å². The molecule has 126 valence electrons. The van der Waals surface area contributed by atoms with Crippen molar-refractivity contribution in [2.24, 2.45) is 0 Å². The number of aromatic nitrogens is 2. The molecule has 6 heteroatoms. The molecule has 0 radical (unpaired) electrons. The Kier molecular flexibility index (Phi) is 3.53. The van der Waals surface area contributed by atoms with Crippen LogP contribution in [-0.4, -0.2) is 16.0 Å². The van der Waals surface area contributed by atoms with E-state index in [1.807, 2.05) is 44.2 Å². The quantitative estimate of drug-likeness (QED) is 0.610. The van der Waals surface area contributed by atoms with Crippen molar-refractivity contribution >= 4 is 28.0 Å². The molecule has 0 fully saturated rings. The Morgan fingerprint density at radius 1 is 1.20 bits per heavy atom. The normalized spacial score (nSPS) is 12.6. The summed E-state index contributed by atoms with van der Waals surface area (Å²) < 4.78 is 11.0. The zero-order chi connectivity index (χ0) is 17.6. The maximum Gasteiger partial charge on any atom is 0.258 e. The van der Waals surface area contributed by atoms with Gasteiger partial charge in [-0.2, -0.15) is 0 Å². The summed E-state index contributed by atoms with van der Waals surface area (Å²) in [5.41, 5.74) is 3.02. The van der Waals surface area contributed by atoms with E-state index in [1.54, 1.807) is 13.0 Å². The molecule has 1 amide bonds. The Morgan fingerprint density at radius 3 is 2.80 bits per heavy atom. The highest BCUT2D eigenvalue weighted by Gasteiger charge is 2.20. The zero-order valence-corrected chi connectivity index (χ0v) is 14.2. The maximum absolute atomic E-state index is 12.8. The largest absolute Gasteiger partial charge is 0.459 e. The minimum absolute atomic E-state index is 0.213. The van der Waals surface area contributed by atoms with E-state index in [0.717, 1.165) is 11.0 Å². The number of pyridine rings is 1. The van der Waals surface area contributed by atoms with E-state index in [-0.39, 0.29) is 11.9 Å². The van der Waals surface area contributed by atoms with Gasteiger partial charge in [-0.25, -0.2) is 4.98 Å². The van der Waals surface area contributed by atoms with Crippen molar-refractivity contribution in [3.05, 3.63) is 59.1 Å². The third-order valence-electron chi connectivity index (χ3n) is 4.21. The third-order valence-corrected chi connectivity index (χ3v) is 4.21. The number of rotatable bonds is 3. The number of carbonyl (C=O) groups excluding carboxylic acids is 1. The summed E-state index contributed by atoms with van der Waals surface area (Å²) in [6.45, 7) is 5.50. The summed E-state index contributed by atoms with van der Waals surface area (Å²) in [4.78, 5) is 17.1. The highest BCUT2D eigenvalue weighted by molar-refractivity contribution is 6.06.